The summed E-state index contributed by atoms with van der Waals surface area (Å²) >= 11 is 0. The van der Waals surface area contributed by atoms with Crippen molar-refractivity contribution in [2.75, 3.05) is 18.8 Å². The van der Waals surface area contributed by atoms with Gasteiger partial charge in [0.1, 0.15) is 11.3 Å². The van der Waals surface area contributed by atoms with E-state index in [1.165, 1.54) is 37.9 Å². The summed E-state index contributed by atoms with van der Waals surface area (Å²) in [4.78, 5) is 17.0. The number of hydrogen-bond acceptors (Lipinski definition) is 5. The van der Waals surface area contributed by atoms with Crippen LogP contribution in [-0.4, -0.2) is 37.5 Å². The molecule has 1 aromatic carbocycles. The zero-order valence-corrected chi connectivity index (χ0v) is 27.0. The molecule has 0 bridgehead atoms. The zero-order chi connectivity index (χ0) is 30.7. The Labute approximate surface area is 253 Å². The molecule has 1 aliphatic heterocycles. The second kappa shape index (κ2) is 15.5. The normalized spacial score (nSPS) is 14.9. The smallest absolute Gasteiger partial charge is 0.165 e. The molecule has 224 valence electrons. The van der Waals surface area contributed by atoms with Crippen molar-refractivity contribution in [3.63, 3.8) is 0 Å². The molecule has 5 rings (SSSR count). The van der Waals surface area contributed by atoms with Crippen molar-refractivity contribution in [2.45, 2.75) is 81.2 Å². The third-order valence-corrected chi connectivity index (χ3v) is 8.16. The number of nitrogens with zero attached hydrogens (tertiary/aromatic N) is 5. The molecule has 0 radical (unpaired) electrons. The molecule has 0 unspecified atom stereocenters. The van der Waals surface area contributed by atoms with Crippen LogP contribution in [0, 0.1) is 5.41 Å². The molecule has 3 aromatic heterocycles. The Hall–Kier alpha value is -3.77. The van der Waals surface area contributed by atoms with Crippen LogP contribution >= 0.6 is 0 Å². The Morgan fingerprint density at radius 3 is 2.26 bits per heavy atom. The van der Waals surface area contributed by atoms with E-state index in [1.54, 1.807) is 6.20 Å². The lowest BCUT2D eigenvalue weighted by molar-refractivity contribution is 0.236. The molecule has 0 amide bonds. The first-order valence-electron chi connectivity index (χ1n) is 15.7. The van der Waals surface area contributed by atoms with Crippen LogP contribution in [0.1, 0.15) is 85.9 Å². The van der Waals surface area contributed by atoms with Gasteiger partial charge in [-0.15, -0.1) is 0 Å². The number of allylic oxidation sites excluding steroid dienone is 4. The van der Waals surface area contributed by atoms with E-state index in [0.717, 1.165) is 46.1 Å². The Morgan fingerprint density at radius 2 is 1.67 bits per heavy atom. The predicted molar refractivity (Wildman–Crippen MR) is 181 cm³/mol. The highest BCUT2D eigenvalue weighted by Gasteiger charge is 2.34. The maximum Gasteiger partial charge on any atom is 0.165 e. The summed E-state index contributed by atoms with van der Waals surface area (Å²) < 4.78 is 2.11. The molecular weight excluding hydrogens is 516 g/mol. The lowest BCUT2D eigenvalue weighted by Gasteiger charge is -2.26. The summed E-state index contributed by atoms with van der Waals surface area (Å²) in [5.41, 5.74) is 13.5. The van der Waals surface area contributed by atoms with E-state index in [-0.39, 0.29) is 0 Å². The van der Waals surface area contributed by atoms with Crippen LogP contribution in [-0.2, 0) is 6.54 Å². The number of pyridine rings is 2. The summed E-state index contributed by atoms with van der Waals surface area (Å²) in [6.45, 7) is 20.1. The van der Waals surface area contributed by atoms with Gasteiger partial charge in [0.05, 0.1) is 11.3 Å². The maximum atomic E-state index is 6.31. The summed E-state index contributed by atoms with van der Waals surface area (Å²) in [5.74, 6) is 1.19. The molecule has 1 saturated heterocycles. The first-order chi connectivity index (χ1) is 20.5. The monoisotopic (exact) mass is 566 g/mol. The molecule has 6 heteroatoms. The maximum absolute atomic E-state index is 6.31. The summed E-state index contributed by atoms with van der Waals surface area (Å²) in [6, 6.07) is 16.7. The standard InChI is InChI=1S/C32H38N6.2C2H6/c1-5-10-24(6-2)27-16-17-28-31(35-27)38(30(36-28)26-11-9-19-34-29(26)33)25-14-12-23(13-15-25)21-37-20-18-32(7-3,8-4)22-37;2*1-2/h5-6,9-17,19H,7-8,18,20-22H2,1-4H3,(H2,33,34);2*1-2H3/b10-5-,24-6+;;. The van der Waals surface area contributed by atoms with Gasteiger partial charge in [-0.1, -0.05) is 71.9 Å². The van der Waals surface area contributed by atoms with Crippen LogP contribution in [0.4, 0.5) is 5.82 Å². The third-order valence-electron chi connectivity index (χ3n) is 8.16. The zero-order valence-electron chi connectivity index (χ0n) is 27.0. The number of nitrogen functional groups attached to an aromatic ring is 1. The Balaban J connectivity index is 0.00000116. The van der Waals surface area contributed by atoms with Crippen molar-refractivity contribution in [3.05, 3.63) is 84.2 Å². The average Bonchev–Trinajstić information content (AvgIpc) is 3.64. The molecule has 0 saturated carbocycles. The predicted octanol–water partition coefficient (Wildman–Crippen LogP) is 9.11. The topological polar surface area (TPSA) is 72.9 Å². The number of likely N-dealkylation sites (tertiary alicyclic amines) is 1. The van der Waals surface area contributed by atoms with Crippen molar-refractivity contribution in [1.82, 2.24) is 24.4 Å². The van der Waals surface area contributed by atoms with Gasteiger partial charge >= 0.3 is 0 Å². The largest absolute Gasteiger partial charge is 0.383 e. The number of aromatic nitrogens is 4. The van der Waals surface area contributed by atoms with E-state index >= 15 is 0 Å². The third kappa shape index (κ3) is 6.99. The first kappa shape index (κ1) is 32.7. The van der Waals surface area contributed by atoms with E-state index < -0.39 is 0 Å². The fourth-order valence-corrected chi connectivity index (χ4v) is 5.66. The van der Waals surface area contributed by atoms with Gasteiger partial charge in [-0.2, -0.15) is 0 Å². The van der Waals surface area contributed by atoms with Gasteiger partial charge in [0.25, 0.3) is 0 Å². The molecule has 4 heterocycles. The van der Waals surface area contributed by atoms with Gasteiger partial charge in [0.2, 0.25) is 0 Å². The number of anilines is 1. The quantitative estimate of drug-likeness (QED) is 0.215. The fourth-order valence-electron chi connectivity index (χ4n) is 5.66. The fraction of sp³-hybridized carbons (Fsp3) is 0.417. The van der Waals surface area contributed by atoms with Gasteiger partial charge in [0, 0.05) is 25.0 Å². The Bertz CT molecular complexity index is 1470. The molecule has 6 nitrogen and oxygen atoms in total. The van der Waals surface area contributed by atoms with Crippen LogP contribution < -0.4 is 5.73 Å². The van der Waals surface area contributed by atoms with Gasteiger partial charge in [-0.25, -0.2) is 15.0 Å². The molecule has 0 atom stereocenters. The molecule has 42 heavy (non-hydrogen) atoms. The molecule has 1 aliphatic rings. The highest BCUT2D eigenvalue weighted by molar-refractivity contribution is 5.85. The van der Waals surface area contributed by atoms with Crippen molar-refractivity contribution in [2.24, 2.45) is 5.41 Å². The average molecular weight is 567 g/mol. The summed E-state index contributed by atoms with van der Waals surface area (Å²) in [5, 5.41) is 0. The second-order valence-corrected chi connectivity index (χ2v) is 10.3. The van der Waals surface area contributed by atoms with Crippen LogP contribution in [0.2, 0.25) is 0 Å². The molecule has 1 fully saturated rings. The van der Waals surface area contributed by atoms with Crippen LogP contribution in [0.25, 0.3) is 33.8 Å². The Kier molecular flexibility index (Phi) is 12.0. The van der Waals surface area contributed by atoms with Crippen molar-refractivity contribution < 1.29 is 0 Å². The molecule has 0 aliphatic carbocycles. The second-order valence-electron chi connectivity index (χ2n) is 10.3. The van der Waals surface area contributed by atoms with Crippen molar-refractivity contribution in [1.29, 1.82) is 0 Å². The first-order valence-corrected chi connectivity index (χ1v) is 15.7. The highest BCUT2D eigenvalue weighted by atomic mass is 15.2. The summed E-state index contributed by atoms with van der Waals surface area (Å²) in [6.07, 6.45) is 11.7. The lowest BCUT2D eigenvalue weighted by atomic mass is 9.82. The number of nitrogens with two attached hydrogens (primary N) is 1. The van der Waals surface area contributed by atoms with Crippen LogP contribution in [0.15, 0.2) is 73.0 Å². The number of rotatable bonds is 8. The highest BCUT2D eigenvalue weighted by Crippen LogP contribution is 2.37. The Morgan fingerprint density at radius 1 is 0.952 bits per heavy atom. The minimum Gasteiger partial charge on any atom is -0.383 e. The van der Waals surface area contributed by atoms with Gasteiger partial charge in [-0.05, 0) is 92.6 Å². The molecule has 0 spiro atoms. The van der Waals surface area contributed by atoms with Gasteiger partial charge < -0.3 is 5.73 Å². The van der Waals surface area contributed by atoms with Crippen LogP contribution in [0.3, 0.4) is 0 Å². The van der Waals surface area contributed by atoms with Gasteiger partial charge in [0.15, 0.2) is 11.5 Å². The van der Waals surface area contributed by atoms with E-state index in [4.69, 9.17) is 15.7 Å². The van der Waals surface area contributed by atoms with E-state index in [1.807, 2.05) is 71.9 Å². The molecular formula is C36H50N6. The lowest BCUT2D eigenvalue weighted by Crippen LogP contribution is -2.26. The van der Waals surface area contributed by atoms with Crippen LogP contribution in [0.5, 0.6) is 0 Å². The minimum atomic E-state index is 0.452. The molecule has 4 aromatic rings. The number of imidazole rings is 1. The molecule has 2 N–H and O–H groups in total. The minimum absolute atomic E-state index is 0.452. The van der Waals surface area contributed by atoms with E-state index in [0.29, 0.717) is 11.2 Å². The van der Waals surface area contributed by atoms with E-state index in [9.17, 15) is 0 Å². The van der Waals surface area contributed by atoms with E-state index in [2.05, 4.69) is 64.7 Å². The SMILES string of the molecule is C/C=C\C(=C/C)c1ccc2nc(-c3cccnc3N)n(-c3ccc(CN4CCC(CC)(CC)C4)cc3)c2n1.CC.CC. The van der Waals surface area contributed by atoms with Crippen molar-refractivity contribution >= 4 is 22.6 Å². The van der Waals surface area contributed by atoms with Gasteiger partial charge in [-0.3, -0.25) is 9.47 Å². The summed E-state index contributed by atoms with van der Waals surface area (Å²) in [7, 11) is 0. The van der Waals surface area contributed by atoms with Crippen molar-refractivity contribution in [3.8, 4) is 17.1 Å². The number of hydrogen-bond donors (Lipinski definition) is 1. The number of fused-ring (bicyclic) bond motifs is 1. The number of benzene rings is 1.